The Kier molecular flexibility index (Phi) is 4.62. The predicted molar refractivity (Wildman–Crippen MR) is 84.8 cm³/mol. The highest BCUT2D eigenvalue weighted by molar-refractivity contribution is 5.95. The maximum absolute atomic E-state index is 13.5. The highest BCUT2D eigenvalue weighted by Gasteiger charge is 2.49. The largest absolute Gasteiger partial charge is 0.411 e. The molecule has 3 heterocycles. The molecule has 2 N–H and O–H groups in total. The molecule has 1 aromatic heterocycles. The second-order valence-corrected chi connectivity index (χ2v) is 5.86. The number of nitrogens with one attached hydrogen (secondary N) is 2. The maximum atomic E-state index is 13.5. The molecular weight excluding hydrogens is 337 g/mol. The van der Waals surface area contributed by atoms with Crippen LogP contribution in [0.4, 0.5) is 19.1 Å². The minimum atomic E-state index is -4.57. The van der Waals surface area contributed by atoms with Gasteiger partial charge in [0.2, 0.25) is 5.95 Å². The Balaban J connectivity index is 2.15. The highest BCUT2D eigenvalue weighted by atomic mass is 19.4. The zero-order valence-electron chi connectivity index (χ0n) is 13.9. The van der Waals surface area contributed by atoms with Crippen molar-refractivity contribution in [3.05, 3.63) is 11.4 Å². The summed E-state index contributed by atoms with van der Waals surface area (Å²) in [7, 11) is 1.28. The van der Waals surface area contributed by atoms with Gasteiger partial charge < -0.3 is 10.2 Å². The van der Waals surface area contributed by atoms with Gasteiger partial charge in [-0.2, -0.15) is 13.2 Å². The first kappa shape index (κ1) is 17.6. The Labute approximate surface area is 143 Å². The fraction of sp³-hybridized carbons (Fsp3) is 0.600. The lowest BCUT2D eigenvalue weighted by Crippen LogP contribution is -2.51. The molecule has 0 aliphatic carbocycles. The number of halogens is 3. The van der Waals surface area contributed by atoms with Crippen LogP contribution in [-0.4, -0.2) is 59.9 Å². The number of amides is 1. The van der Waals surface area contributed by atoms with Gasteiger partial charge in [-0.15, -0.1) is 5.92 Å². The molecule has 0 spiro atoms. The Morgan fingerprint density at radius 1 is 1.32 bits per heavy atom. The fourth-order valence-corrected chi connectivity index (χ4v) is 3.00. The first-order valence-corrected chi connectivity index (χ1v) is 7.91. The molecule has 1 amide bonds. The van der Waals surface area contributed by atoms with E-state index in [0.29, 0.717) is 32.1 Å². The third kappa shape index (κ3) is 3.17. The summed E-state index contributed by atoms with van der Waals surface area (Å²) in [5.41, 5.74) is 1.83. The molecule has 1 atom stereocenters. The Bertz CT molecular complexity index is 726. The summed E-state index contributed by atoms with van der Waals surface area (Å²) in [5.74, 6) is 5.35. The van der Waals surface area contributed by atoms with Gasteiger partial charge in [0, 0.05) is 33.2 Å². The average molecular weight is 356 g/mol. The third-order valence-electron chi connectivity index (χ3n) is 4.22. The molecule has 136 valence electrons. The number of rotatable bonds is 2. The molecule has 7 nitrogen and oxygen atoms in total. The van der Waals surface area contributed by atoms with E-state index in [1.807, 2.05) is 4.90 Å². The van der Waals surface area contributed by atoms with Gasteiger partial charge in [0.25, 0.3) is 5.91 Å². The lowest BCUT2D eigenvalue weighted by atomic mass is 10.1. The molecule has 0 bridgehead atoms. The molecule has 0 aromatic carbocycles. The summed E-state index contributed by atoms with van der Waals surface area (Å²) in [6.07, 6.45) is -4.57. The summed E-state index contributed by atoms with van der Waals surface area (Å²) in [6, 6.07) is -2.03. The number of alkyl halides is 3. The summed E-state index contributed by atoms with van der Waals surface area (Å²) in [4.78, 5) is 18.6. The predicted octanol–water partition coefficient (Wildman–Crippen LogP) is 0.510. The van der Waals surface area contributed by atoms with E-state index in [4.69, 9.17) is 0 Å². The van der Waals surface area contributed by atoms with Gasteiger partial charge in [-0.05, 0) is 6.92 Å². The van der Waals surface area contributed by atoms with Crippen LogP contribution in [0.15, 0.2) is 0 Å². The average Bonchev–Trinajstić information content (AvgIpc) is 2.95. The van der Waals surface area contributed by atoms with Crippen molar-refractivity contribution in [1.82, 2.24) is 25.3 Å². The quantitative estimate of drug-likeness (QED) is 0.756. The number of piperazine rings is 1. The zero-order valence-corrected chi connectivity index (χ0v) is 13.9. The zero-order chi connectivity index (χ0) is 18.2. The van der Waals surface area contributed by atoms with Gasteiger partial charge >= 0.3 is 6.18 Å². The Hall–Kier alpha value is -2.25. The highest BCUT2D eigenvalue weighted by Crippen LogP contribution is 2.38. The monoisotopic (exact) mass is 356 g/mol. The fourth-order valence-electron chi connectivity index (χ4n) is 3.00. The molecular formula is C15H19F3N6O. The van der Waals surface area contributed by atoms with Gasteiger partial charge in [0.1, 0.15) is 11.4 Å². The van der Waals surface area contributed by atoms with Crippen molar-refractivity contribution in [2.75, 3.05) is 38.1 Å². The van der Waals surface area contributed by atoms with E-state index < -0.39 is 18.1 Å². The molecule has 2 aliphatic heterocycles. The van der Waals surface area contributed by atoms with E-state index in [9.17, 15) is 18.0 Å². The van der Waals surface area contributed by atoms with Gasteiger partial charge in [0.15, 0.2) is 6.04 Å². The topological polar surface area (TPSA) is 65.4 Å². The number of hydrogen-bond acceptors (Lipinski definition) is 5. The van der Waals surface area contributed by atoms with Crippen molar-refractivity contribution in [3.8, 4) is 11.8 Å². The molecule has 1 aromatic rings. The van der Waals surface area contributed by atoms with Crippen LogP contribution in [0.3, 0.4) is 0 Å². The first-order chi connectivity index (χ1) is 11.8. The summed E-state index contributed by atoms with van der Waals surface area (Å²) in [5, 5.41) is 4.04. The SMILES string of the molecule is CC#CCn1c(N2CCNCC2)nc2c1C(=O)N(C)NC2C(F)(F)F. The van der Waals surface area contributed by atoms with Gasteiger partial charge in [-0.25, -0.2) is 10.4 Å². The van der Waals surface area contributed by atoms with Crippen LogP contribution in [0.25, 0.3) is 0 Å². The van der Waals surface area contributed by atoms with Crippen molar-refractivity contribution in [2.45, 2.75) is 25.7 Å². The molecule has 1 fully saturated rings. The van der Waals surface area contributed by atoms with E-state index in [-0.39, 0.29) is 17.9 Å². The van der Waals surface area contributed by atoms with E-state index in [2.05, 4.69) is 27.6 Å². The number of hydrazine groups is 1. The number of fused-ring (bicyclic) bond motifs is 1. The van der Waals surface area contributed by atoms with Crippen molar-refractivity contribution >= 4 is 11.9 Å². The van der Waals surface area contributed by atoms with Crippen LogP contribution in [-0.2, 0) is 6.54 Å². The molecule has 0 saturated carbocycles. The number of carbonyl (C=O) groups excluding carboxylic acids is 1. The van der Waals surface area contributed by atoms with E-state index >= 15 is 0 Å². The van der Waals surface area contributed by atoms with Gasteiger partial charge in [-0.1, -0.05) is 5.92 Å². The smallest absolute Gasteiger partial charge is 0.340 e. The summed E-state index contributed by atoms with van der Waals surface area (Å²) in [6.45, 7) is 4.36. The normalized spacial score (nSPS) is 21.0. The number of anilines is 1. The van der Waals surface area contributed by atoms with Crippen molar-refractivity contribution < 1.29 is 18.0 Å². The summed E-state index contributed by atoms with van der Waals surface area (Å²) < 4.78 is 41.9. The Morgan fingerprint density at radius 2 is 2.00 bits per heavy atom. The van der Waals surface area contributed by atoms with Crippen LogP contribution >= 0.6 is 0 Å². The van der Waals surface area contributed by atoms with Crippen molar-refractivity contribution in [1.29, 1.82) is 0 Å². The minimum Gasteiger partial charge on any atom is -0.340 e. The summed E-state index contributed by atoms with van der Waals surface area (Å²) >= 11 is 0. The van der Waals surface area contributed by atoms with Crippen LogP contribution in [0, 0.1) is 11.8 Å². The van der Waals surface area contributed by atoms with Gasteiger partial charge in [-0.3, -0.25) is 14.4 Å². The molecule has 1 unspecified atom stereocenters. The van der Waals surface area contributed by atoms with Crippen molar-refractivity contribution in [2.24, 2.45) is 0 Å². The number of hydrogen-bond donors (Lipinski definition) is 2. The second-order valence-electron chi connectivity index (χ2n) is 5.86. The number of carbonyl (C=O) groups is 1. The standard InChI is InChI=1S/C15H19F3N6O/c1-3-4-7-24-11-10(20-14(24)23-8-5-19-6-9-23)12(15(16,17)18)21-22(2)13(11)25/h12,19,21H,5-9H2,1-2H3. The van der Waals surface area contributed by atoms with Crippen LogP contribution < -0.4 is 15.6 Å². The number of aromatic nitrogens is 2. The van der Waals surface area contributed by atoms with Crippen LogP contribution in [0.5, 0.6) is 0 Å². The number of imidazole rings is 1. The van der Waals surface area contributed by atoms with Crippen LogP contribution in [0.2, 0.25) is 0 Å². The van der Waals surface area contributed by atoms with Gasteiger partial charge in [0.05, 0.1) is 6.54 Å². The van der Waals surface area contributed by atoms with Crippen molar-refractivity contribution in [3.63, 3.8) is 0 Å². The minimum absolute atomic E-state index is 0.0557. The van der Waals surface area contributed by atoms with E-state index in [1.165, 1.54) is 11.6 Å². The van der Waals surface area contributed by atoms with E-state index in [0.717, 1.165) is 5.01 Å². The molecule has 3 rings (SSSR count). The second kappa shape index (κ2) is 6.57. The first-order valence-electron chi connectivity index (χ1n) is 7.91. The number of nitrogens with zero attached hydrogens (tertiary/aromatic N) is 4. The molecule has 2 aliphatic rings. The third-order valence-corrected chi connectivity index (χ3v) is 4.22. The lowest BCUT2D eigenvalue weighted by molar-refractivity contribution is -0.169. The lowest BCUT2D eigenvalue weighted by Gasteiger charge is -2.31. The Morgan fingerprint density at radius 3 is 2.60 bits per heavy atom. The molecule has 25 heavy (non-hydrogen) atoms. The maximum Gasteiger partial charge on any atom is 0.411 e. The molecule has 0 radical (unpaired) electrons. The molecule has 10 heteroatoms. The van der Waals surface area contributed by atoms with Crippen LogP contribution in [0.1, 0.15) is 29.1 Å². The molecule has 1 saturated heterocycles. The van der Waals surface area contributed by atoms with E-state index in [1.54, 1.807) is 6.92 Å².